The molecule has 0 saturated heterocycles. The van der Waals surface area contributed by atoms with E-state index < -0.39 is 0 Å². The summed E-state index contributed by atoms with van der Waals surface area (Å²) in [7, 11) is 3.83. The normalized spacial score (nSPS) is 10.9. The molecule has 0 bridgehead atoms. The number of methoxy groups -OCH3 is 1. The summed E-state index contributed by atoms with van der Waals surface area (Å²) >= 11 is 0. The molecule has 5 nitrogen and oxygen atoms in total. The van der Waals surface area contributed by atoms with Gasteiger partial charge in [0.2, 0.25) is 0 Å². The van der Waals surface area contributed by atoms with Crippen LogP contribution in [0.15, 0.2) is 30.6 Å². The molecule has 0 aliphatic carbocycles. The van der Waals surface area contributed by atoms with Crippen molar-refractivity contribution in [2.75, 3.05) is 27.3 Å². The van der Waals surface area contributed by atoms with Crippen LogP contribution >= 0.6 is 0 Å². The van der Waals surface area contributed by atoms with Crippen LogP contribution in [-0.4, -0.2) is 41.8 Å². The van der Waals surface area contributed by atoms with Crippen molar-refractivity contribution in [1.82, 2.24) is 14.5 Å². The summed E-state index contributed by atoms with van der Waals surface area (Å²) in [6.45, 7) is 5.51. The van der Waals surface area contributed by atoms with Crippen LogP contribution in [0.25, 0.3) is 11.3 Å². The standard InChI is InChI=1S/C18H24N4O/c1-4-9-21(2)13-17-18(20-14-22(17)10-11-23-3)16-7-5-15(12-19)6-8-16/h5-8,14H,4,9-11,13H2,1-3H3. The Labute approximate surface area is 138 Å². The first-order valence-corrected chi connectivity index (χ1v) is 7.91. The second kappa shape index (κ2) is 8.47. The van der Waals surface area contributed by atoms with E-state index in [1.54, 1.807) is 7.11 Å². The Kier molecular flexibility index (Phi) is 6.33. The molecular formula is C18H24N4O. The monoisotopic (exact) mass is 312 g/mol. The van der Waals surface area contributed by atoms with Crippen molar-refractivity contribution in [3.8, 4) is 17.3 Å². The average Bonchev–Trinajstić information content (AvgIpc) is 2.95. The molecule has 0 saturated carbocycles. The highest BCUT2D eigenvalue weighted by Crippen LogP contribution is 2.24. The summed E-state index contributed by atoms with van der Waals surface area (Å²) in [5.41, 5.74) is 3.87. The molecule has 0 N–H and O–H groups in total. The first kappa shape index (κ1) is 17.2. The Balaban J connectivity index is 2.33. The lowest BCUT2D eigenvalue weighted by molar-refractivity contribution is 0.185. The third-order valence-corrected chi connectivity index (χ3v) is 3.80. The van der Waals surface area contributed by atoms with Crippen LogP contribution in [0.1, 0.15) is 24.6 Å². The topological polar surface area (TPSA) is 54.1 Å². The third kappa shape index (κ3) is 4.41. The molecule has 0 unspecified atom stereocenters. The molecule has 0 spiro atoms. The van der Waals surface area contributed by atoms with Crippen molar-refractivity contribution in [1.29, 1.82) is 5.26 Å². The van der Waals surface area contributed by atoms with Gasteiger partial charge in [-0.15, -0.1) is 0 Å². The van der Waals surface area contributed by atoms with Gasteiger partial charge in [-0.1, -0.05) is 19.1 Å². The lowest BCUT2D eigenvalue weighted by Gasteiger charge is -2.18. The number of ether oxygens (including phenoxy) is 1. The smallest absolute Gasteiger partial charge is 0.0991 e. The Morgan fingerprint density at radius 2 is 2.04 bits per heavy atom. The second-order valence-corrected chi connectivity index (χ2v) is 5.65. The quantitative estimate of drug-likeness (QED) is 0.752. The van der Waals surface area contributed by atoms with E-state index in [9.17, 15) is 0 Å². The molecule has 23 heavy (non-hydrogen) atoms. The van der Waals surface area contributed by atoms with Crippen LogP contribution < -0.4 is 0 Å². The van der Waals surface area contributed by atoms with Crippen LogP contribution in [0.3, 0.4) is 0 Å². The number of imidazole rings is 1. The van der Waals surface area contributed by atoms with E-state index in [0.29, 0.717) is 12.2 Å². The number of nitrogens with zero attached hydrogens (tertiary/aromatic N) is 4. The second-order valence-electron chi connectivity index (χ2n) is 5.65. The first-order valence-electron chi connectivity index (χ1n) is 7.91. The Hall–Kier alpha value is -2.16. The molecule has 1 heterocycles. The van der Waals surface area contributed by atoms with Gasteiger partial charge in [-0.2, -0.15) is 5.26 Å². The lowest BCUT2D eigenvalue weighted by Crippen LogP contribution is -2.21. The van der Waals surface area contributed by atoms with E-state index in [1.807, 2.05) is 30.6 Å². The zero-order valence-electron chi connectivity index (χ0n) is 14.1. The fraction of sp³-hybridized carbons (Fsp3) is 0.444. The molecule has 0 aliphatic heterocycles. The largest absolute Gasteiger partial charge is 0.383 e. The van der Waals surface area contributed by atoms with Crippen molar-refractivity contribution < 1.29 is 4.74 Å². The molecule has 122 valence electrons. The molecule has 2 aromatic rings. The molecule has 0 atom stereocenters. The van der Waals surface area contributed by atoms with Crippen molar-refractivity contribution in [3.05, 3.63) is 41.9 Å². The highest BCUT2D eigenvalue weighted by molar-refractivity contribution is 5.63. The van der Waals surface area contributed by atoms with Crippen LogP contribution in [0.2, 0.25) is 0 Å². The third-order valence-electron chi connectivity index (χ3n) is 3.80. The maximum Gasteiger partial charge on any atom is 0.0991 e. The van der Waals surface area contributed by atoms with E-state index in [0.717, 1.165) is 37.3 Å². The fourth-order valence-corrected chi connectivity index (χ4v) is 2.62. The Bertz CT molecular complexity index is 655. The maximum atomic E-state index is 8.94. The van der Waals surface area contributed by atoms with Crippen LogP contribution in [0.5, 0.6) is 0 Å². The van der Waals surface area contributed by atoms with Gasteiger partial charge in [-0.25, -0.2) is 4.98 Å². The van der Waals surface area contributed by atoms with Crippen LogP contribution in [0, 0.1) is 11.3 Å². The van der Waals surface area contributed by atoms with Gasteiger partial charge in [-0.05, 0) is 32.1 Å². The molecule has 5 heteroatoms. The summed E-state index contributed by atoms with van der Waals surface area (Å²) in [5, 5.41) is 8.94. The van der Waals surface area contributed by atoms with Gasteiger partial charge in [0.05, 0.1) is 36.0 Å². The minimum Gasteiger partial charge on any atom is -0.383 e. The van der Waals surface area contributed by atoms with Crippen LogP contribution in [0.4, 0.5) is 0 Å². The predicted octanol–water partition coefficient (Wildman–Crippen LogP) is 2.91. The number of nitriles is 1. The molecule has 1 aromatic heterocycles. The van der Waals surface area contributed by atoms with E-state index in [4.69, 9.17) is 10.00 Å². The highest BCUT2D eigenvalue weighted by atomic mass is 16.5. The molecule has 0 fully saturated rings. The first-order chi connectivity index (χ1) is 11.2. The summed E-state index contributed by atoms with van der Waals surface area (Å²) in [5.74, 6) is 0. The van der Waals surface area contributed by atoms with E-state index in [2.05, 4.69) is 34.5 Å². The van der Waals surface area contributed by atoms with Crippen LogP contribution in [-0.2, 0) is 17.8 Å². The van der Waals surface area contributed by atoms with Crippen molar-refractivity contribution in [2.45, 2.75) is 26.4 Å². The van der Waals surface area contributed by atoms with Gasteiger partial charge in [0.1, 0.15) is 0 Å². The molecule has 0 amide bonds. The van der Waals surface area contributed by atoms with E-state index in [1.165, 1.54) is 5.69 Å². The number of rotatable bonds is 8. The van der Waals surface area contributed by atoms with Gasteiger partial charge < -0.3 is 14.2 Å². The summed E-state index contributed by atoms with van der Waals surface area (Å²) in [6, 6.07) is 9.75. The Morgan fingerprint density at radius 1 is 1.30 bits per heavy atom. The highest BCUT2D eigenvalue weighted by Gasteiger charge is 2.14. The van der Waals surface area contributed by atoms with E-state index >= 15 is 0 Å². The molecule has 1 aromatic carbocycles. The number of aromatic nitrogens is 2. The van der Waals surface area contributed by atoms with Gasteiger partial charge in [0.15, 0.2) is 0 Å². The van der Waals surface area contributed by atoms with Gasteiger partial charge in [-0.3, -0.25) is 0 Å². The Morgan fingerprint density at radius 3 is 2.65 bits per heavy atom. The summed E-state index contributed by atoms with van der Waals surface area (Å²) in [4.78, 5) is 6.90. The zero-order valence-corrected chi connectivity index (χ0v) is 14.1. The molecule has 0 radical (unpaired) electrons. The minimum atomic E-state index is 0.660. The van der Waals surface area contributed by atoms with Crippen molar-refractivity contribution in [3.63, 3.8) is 0 Å². The fourth-order valence-electron chi connectivity index (χ4n) is 2.62. The minimum absolute atomic E-state index is 0.660. The molecular weight excluding hydrogens is 288 g/mol. The molecule has 0 aliphatic rings. The van der Waals surface area contributed by atoms with E-state index in [-0.39, 0.29) is 0 Å². The SMILES string of the molecule is CCCN(C)Cc1c(-c2ccc(C#N)cc2)ncn1CCOC. The molecule has 2 rings (SSSR count). The number of benzene rings is 1. The maximum absolute atomic E-state index is 8.94. The average molecular weight is 312 g/mol. The lowest BCUT2D eigenvalue weighted by atomic mass is 10.1. The summed E-state index contributed by atoms with van der Waals surface area (Å²) < 4.78 is 7.36. The van der Waals surface area contributed by atoms with Crippen molar-refractivity contribution in [2.24, 2.45) is 0 Å². The van der Waals surface area contributed by atoms with Gasteiger partial charge >= 0.3 is 0 Å². The van der Waals surface area contributed by atoms with Crippen molar-refractivity contribution >= 4 is 0 Å². The summed E-state index contributed by atoms with van der Waals surface area (Å²) in [6.07, 6.45) is 3.00. The predicted molar refractivity (Wildman–Crippen MR) is 90.9 cm³/mol. The van der Waals surface area contributed by atoms with Gasteiger partial charge in [0, 0.05) is 25.8 Å². The number of hydrogen-bond donors (Lipinski definition) is 0. The van der Waals surface area contributed by atoms with Gasteiger partial charge in [0.25, 0.3) is 0 Å². The number of hydrogen-bond acceptors (Lipinski definition) is 4. The zero-order chi connectivity index (χ0) is 16.7.